The standard InChI is InChI=1S/C19H18N4/c1-20-18-19-21-15(12-11-14-7-3-2-4-8-14)13-23(19)17-10-6-5-9-16(17)22-18/h2-10,13H,11-12H2,1H3,(H,20,22). The Balaban J connectivity index is 1.76. The number of rotatable bonds is 4. The Kier molecular flexibility index (Phi) is 3.42. The van der Waals surface area contributed by atoms with Gasteiger partial charge in [-0.3, -0.25) is 4.40 Å². The van der Waals surface area contributed by atoms with E-state index in [-0.39, 0.29) is 0 Å². The first-order valence-corrected chi connectivity index (χ1v) is 7.83. The van der Waals surface area contributed by atoms with Crippen LogP contribution in [0, 0.1) is 0 Å². The van der Waals surface area contributed by atoms with Crippen LogP contribution in [0.5, 0.6) is 0 Å². The highest BCUT2D eigenvalue weighted by Crippen LogP contribution is 2.22. The van der Waals surface area contributed by atoms with Crippen molar-refractivity contribution in [3.63, 3.8) is 0 Å². The minimum absolute atomic E-state index is 0.815. The molecular weight excluding hydrogens is 284 g/mol. The molecule has 114 valence electrons. The van der Waals surface area contributed by atoms with Crippen LogP contribution in [0.3, 0.4) is 0 Å². The molecule has 0 bridgehead atoms. The quantitative estimate of drug-likeness (QED) is 0.625. The van der Waals surface area contributed by atoms with Crippen LogP contribution >= 0.6 is 0 Å². The van der Waals surface area contributed by atoms with Crippen LogP contribution in [0.1, 0.15) is 11.3 Å². The van der Waals surface area contributed by atoms with E-state index in [4.69, 9.17) is 4.98 Å². The second-order valence-electron chi connectivity index (χ2n) is 5.61. The highest BCUT2D eigenvalue weighted by molar-refractivity contribution is 5.82. The summed E-state index contributed by atoms with van der Waals surface area (Å²) in [7, 11) is 1.88. The van der Waals surface area contributed by atoms with Crippen molar-refractivity contribution >= 4 is 22.5 Å². The van der Waals surface area contributed by atoms with E-state index in [0.29, 0.717) is 0 Å². The lowest BCUT2D eigenvalue weighted by Gasteiger charge is -2.05. The smallest absolute Gasteiger partial charge is 0.180 e. The summed E-state index contributed by atoms with van der Waals surface area (Å²) < 4.78 is 2.13. The highest BCUT2D eigenvalue weighted by atomic mass is 15.1. The van der Waals surface area contributed by atoms with Crippen LogP contribution in [0.4, 0.5) is 5.82 Å². The lowest BCUT2D eigenvalue weighted by molar-refractivity contribution is 0.928. The van der Waals surface area contributed by atoms with E-state index in [1.807, 2.05) is 31.3 Å². The van der Waals surface area contributed by atoms with Crippen LogP contribution in [0.2, 0.25) is 0 Å². The Morgan fingerprint density at radius 3 is 2.52 bits per heavy atom. The summed E-state index contributed by atoms with van der Waals surface area (Å²) in [5, 5.41) is 3.15. The molecule has 0 atom stereocenters. The maximum Gasteiger partial charge on any atom is 0.180 e. The van der Waals surface area contributed by atoms with Crippen molar-refractivity contribution in [1.82, 2.24) is 14.4 Å². The summed E-state index contributed by atoms with van der Waals surface area (Å²) in [5.74, 6) is 0.815. The first kappa shape index (κ1) is 13.8. The molecular formula is C19H18N4. The van der Waals surface area contributed by atoms with Crippen molar-refractivity contribution in [3.05, 3.63) is 72.1 Å². The van der Waals surface area contributed by atoms with Gasteiger partial charge in [-0.2, -0.15) is 0 Å². The molecule has 2 aromatic heterocycles. The number of aromatic nitrogens is 3. The Bertz CT molecular complexity index is 957. The van der Waals surface area contributed by atoms with Crippen molar-refractivity contribution in [1.29, 1.82) is 0 Å². The van der Waals surface area contributed by atoms with Gasteiger partial charge in [0.25, 0.3) is 0 Å². The van der Waals surface area contributed by atoms with Gasteiger partial charge in [-0.1, -0.05) is 42.5 Å². The number of fused-ring (bicyclic) bond motifs is 3. The zero-order chi connectivity index (χ0) is 15.6. The van der Waals surface area contributed by atoms with Gasteiger partial charge in [0.1, 0.15) is 0 Å². The lowest BCUT2D eigenvalue weighted by Crippen LogP contribution is -1.98. The van der Waals surface area contributed by atoms with Crippen molar-refractivity contribution in [3.8, 4) is 0 Å². The van der Waals surface area contributed by atoms with Crippen molar-refractivity contribution in [2.75, 3.05) is 12.4 Å². The van der Waals surface area contributed by atoms with Gasteiger partial charge >= 0.3 is 0 Å². The predicted octanol–water partition coefficient (Wildman–Crippen LogP) is 3.71. The molecule has 0 aliphatic carbocycles. The Labute approximate surface area is 134 Å². The molecule has 4 aromatic rings. The minimum Gasteiger partial charge on any atom is -0.370 e. The largest absolute Gasteiger partial charge is 0.370 e. The van der Waals surface area contributed by atoms with Crippen LogP contribution < -0.4 is 5.32 Å². The number of anilines is 1. The lowest BCUT2D eigenvalue weighted by atomic mass is 10.1. The second-order valence-corrected chi connectivity index (χ2v) is 5.61. The zero-order valence-electron chi connectivity index (χ0n) is 13.0. The average molecular weight is 302 g/mol. The molecule has 23 heavy (non-hydrogen) atoms. The maximum absolute atomic E-state index is 4.79. The number of nitrogens with one attached hydrogen (secondary N) is 1. The molecule has 0 amide bonds. The molecule has 0 aliphatic heterocycles. The normalized spacial score (nSPS) is 11.2. The monoisotopic (exact) mass is 302 g/mol. The molecule has 4 nitrogen and oxygen atoms in total. The van der Waals surface area contributed by atoms with Crippen LogP contribution in [-0.2, 0) is 12.8 Å². The number of hydrogen-bond donors (Lipinski definition) is 1. The SMILES string of the molecule is CNc1nc2ccccc2n2cc(CCc3ccccc3)nc12. The van der Waals surface area contributed by atoms with Crippen LogP contribution in [0.25, 0.3) is 16.7 Å². The Hall–Kier alpha value is -2.88. The molecule has 0 unspecified atom stereocenters. The topological polar surface area (TPSA) is 42.2 Å². The minimum atomic E-state index is 0.815. The third-order valence-corrected chi connectivity index (χ3v) is 4.09. The van der Waals surface area contributed by atoms with E-state index >= 15 is 0 Å². The molecule has 2 aromatic carbocycles. The molecule has 0 radical (unpaired) electrons. The molecule has 2 heterocycles. The number of para-hydroxylation sites is 2. The van der Waals surface area contributed by atoms with Gasteiger partial charge in [-0.05, 0) is 30.5 Å². The van der Waals surface area contributed by atoms with E-state index in [1.165, 1.54) is 5.56 Å². The number of hydrogen-bond acceptors (Lipinski definition) is 3. The first-order chi connectivity index (χ1) is 11.3. The fraction of sp³-hybridized carbons (Fsp3) is 0.158. The Morgan fingerprint density at radius 1 is 0.913 bits per heavy atom. The number of nitrogens with zero attached hydrogens (tertiary/aromatic N) is 3. The molecule has 4 heteroatoms. The fourth-order valence-corrected chi connectivity index (χ4v) is 2.92. The van der Waals surface area contributed by atoms with Crippen molar-refractivity contribution in [2.24, 2.45) is 0 Å². The molecule has 0 saturated heterocycles. The zero-order valence-corrected chi connectivity index (χ0v) is 13.0. The van der Waals surface area contributed by atoms with Gasteiger partial charge in [0.15, 0.2) is 11.5 Å². The molecule has 4 rings (SSSR count). The van der Waals surface area contributed by atoms with Gasteiger partial charge in [0, 0.05) is 13.2 Å². The average Bonchev–Trinajstić information content (AvgIpc) is 3.04. The second kappa shape index (κ2) is 5.72. The number of benzene rings is 2. The van der Waals surface area contributed by atoms with E-state index in [0.717, 1.165) is 41.0 Å². The third-order valence-electron chi connectivity index (χ3n) is 4.09. The third kappa shape index (κ3) is 2.52. The van der Waals surface area contributed by atoms with Gasteiger partial charge in [-0.25, -0.2) is 9.97 Å². The maximum atomic E-state index is 4.79. The summed E-state index contributed by atoms with van der Waals surface area (Å²) in [4.78, 5) is 9.45. The van der Waals surface area contributed by atoms with E-state index < -0.39 is 0 Å². The summed E-state index contributed by atoms with van der Waals surface area (Å²) in [6.45, 7) is 0. The predicted molar refractivity (Wildman–Crippen MR) is 93.9 cm³/mol. The summed E-state index contributed by atoms with van der Waals surface area (Å²) in [5.41, 5.74) is 5.36. The number of imidazole rings is 1. The van der Waals surface area contributed by atoms with E-state index in [9.17, 15) is 0 Å². The van der Waals surface area contributed by atoms with Gasteiger partial charge in [-0.15, -0.1) is 0 Å². The van der Waals surface area contributed by atoms with Gasteiger partial charge in [0.05, 0.1) is 16.7 Å². The van der Waals surface area contributed by atoms with Crippen LogP contribution in [0.15, 0.2) is 60.8 Å². The summed E-state index contributed by atoms with van der Waals surface area (Å²) in [6, 6.07) is 18.7. The van der Waals surface area contributed by atoms with Gasteiger partial charge < -0.3 is 5.32 Å². The molecule has 0 aliphatic rings. The molecule has 0 fully saturated rings. The van der Waals surface area contributed by atoms with Crippen LogP contribution in [-0.4, -0.2) is 21.4 Å². The Morgan fingerprint density at radius 2 is 1.70 bits per heavy atom. The number of aryl methyl sites for hydroxylation is 2. The van der Waals surface area contributed by atoms with Crippen molar-refractivity contribution in [2.45, 2.75) is 12.8 Å². The summed E-state index contributed by atoms with van der Waals surface area (Å²) in [6.07, 6.45) is 4.04. The molecule has 0 saturated carbocycles. The van der Waals surface area contributed by atoms with E-state index in [1.54, 1.807) is 0 Å². The molecule has 0 spiro atoms. The fourth-order valence-electron chi connectivity index (χ4n) is 2.92. The molecule has 1 N–H and O–H groups in total. The highest BCUT2D eigenvalue weighted by Gasteiger charge is 2.11. The summed E-state index contributed by atoms with van der Waals surface area (Å²) >= 11 is 0. The first-order valence-electron chi connectivity index (χ1n) is 7.83. The van der Waals surface area contributed by atoms with Gasteiger partial charge in [0.2, 0.25) is 0 Å². The van der Waals surface area contributed by atoms with Crippen molar-refractivity contribution < 1.29 is 0 Å². The van der Waals surface area contributed by atoms with E-state index in [2.05, 4.69) is 51.2 Å².